The Labute approximate surface area is 122 Å². The highest BCUT2D eigenvalue weighted by Crippen LogP contribution is 2.29. The Morgan fingerprint density at radius 3 is 2.90 bits per heavy atom. The maximum atomic E-state index is 13.6. The van der Waals surface area contributed by atoms with Gasteiger partial charge in [0.1, 0.15) is 17.5 Å². The van der Waals surface area contributed by atoms with Gasteiger partial charge in [0.05, 0.1) is 5.75 Å². The Morgan fingerprint density at radius 2 is 2.10 bits per heavy atom. The maximum absolute atomic E-state index is 13.6. The summed E-state index contributed by atoms with van der Waals surface area (Å²) in [6, 6.07) is 6.80. The lowest BCUT2D eigenvalue weighted by Gasteiger charge is -2.09. The number of nitrogens with zero attached hydrogens (tertiary/aromatic N) is 2. The standard InChI is InChI=1S/C15H16FN3S/c1-17-15-10-5-4-7-12(10)18-14(19-15)9-20-13-8-3-2-6-11(13)16/h2-3,6,8H,4-5,7,9H2,1H3,(H,17,18,19). The first-order chi connectivity index (χ1) is 9.78. The molecule has 3 rings (SSSR count). The molecule has 0 aliphatic heterocycles. The summed E-state index contributed by atoms with van der Waals surface area (Å²) in [5.74, 6) is 2.09. The molecule has 0 atom stereocenters. The first-order valence-electron chi connectivity index (χ1n) is 6.71. The SMILES string of the molecule is CNc1nc(CSc2ccccc2F)nc2c1CCC2. The van der Waals surface area contributed by atoms with Crippen LogP contribution in [0.25, 0.3) is 0 Å². The summed E-state index contributed by atoms with van der Waals surface area (Å²) < 4.78 is 13.6. The molecule has 1 heterocycles. The molecule has 0 spiro atoms. The molecule has 1 N–H and O–H groups in total. The minimum absolute atomic E-state index is 0.187. The Hall–Kier alpha value is -1.62. The quantitative estimate of drug-likeness (QED) is 0.875. The van der Waals surface area contributed by atoms with Crippen LogP contribution < -0.4 is 5.32 Å². The molecule has 2 aromatic rings. The van der Waals surface area contributed by atoms with E-state index in [1.807, 2.05) is 13.1 Å². The Morgan fingerprint density at radius 1 is 1.25 bits per heavy atom. The zero-order chi connectivity index (χ0) is 13.9. The van der Waals surface area contributed by atoms with Gasteiger partial charge in [-0.3, -0.25) is 0 Å². The average molecular weight is 289 g/mol. The smallest absolute Gasteiger partial charge is 0.141 e. The van der Waals surface area contributed by atoms with Crippen LogP contribution in [-0.2, 0) is 18.6 Å². The number of fused-ring (bicyclic) bond motifs is 1. The van der Waals surface area contributed by atoms with Gasteiger partial charge in [0.25, 0.3) is 0 Å². The first-order valence-corrected chi connectivity index (χ1v) is 7.70. The van der Waals surface area contributed by atoms with Gasteiger partial charge in [-0.2, -0.15) is 0 Å². The molecular formula is C15H16FN3S. The van der Waals surface area contributed by atoms with E-state index in [0.717, 1.165) is 36.6 Å². The maximum Gasteiger partial charge on any atom is 0.141 e. The molecule has 20 heavy (non-hydrogen) atoms. The first kappa shape index (κ1) is 13.4. The summed E-state index contributed by atoms with van der Waals surface area (Å²) in [6.07, 6.45) is 3.21. The van der Waals surface area contributed by atoms with Gasteiger partial charge < -0.3 is 5.32 Å². The fraction of sp³-hybridized carbons (Fsp3) is 0.333. The van der Waals surface area contributed by atoms with Crippen LogP contribution >= 0.6 is 11.8 Å². The molecule has 0 saturated carbocycles. The minimum Gasteiger partial charge on any atom is -0.373 e. The van der Waals surface area contributed by atoms with Crippen LogP contribution in [-0.4, -0.2) is 17.0 Å². The number of rotatable bonds is 4. The topological polar surface area (TPSA) is 37.8 Å². The second-order valence-electron chi connectivity index (χ2n) is 4.74. The number of hydrogen-bond acceptors (Lipinski definition) is 4. The fourth-order valence-electron chi connectivity index (χ4n) is 2.46. The number of hydrogen-bond donors (Lipinski definition) is 1. The summed E-state index contributed by atoms with van der Waals surface area (Å²) in [5.41, 5.74) is 2.39. The van der Waals surface area contributed by atoms with Crippen LogP contribution in [0.1, 0.15) is 23.5 Å². The molecular weight excluding hydrogens is 273 g/mol. The van der Waals surface area contributed by atoms with Crippen molar-refractivity contribution in [2.75, 3.05) is 12.4 Å². The van der Waals surface area contributed by atoms with Crippen molar-refractivity contribution in [1.82, 2.24) is 9.97 Å². The van der Waals surface area contributed by atoms with Gasteiger partial charge in [0, 0.05) is 23.2 Å². The third-order valence-electron chi connectivity index (χ3n) is 3.41. The van der Waals surface area contributed by atoms with Gasteiger partial charge in [-0.05, 0) is 31.4 Å². The zero-order valence-corrected chi connectivity index (χ0v) is 12.1. The molecule has 1 aromatic carbocycles. The number of aryl methyl sites for hydroxylation is 1. The fourth-order valence-corrected chi connectivity index (χ4v) is 3.25. The van der Waals surface area contributed by atoms with Crippen molar-refractivity contribution in [2.24, 2.45) is 0 Å². The summed E-state index contributed by atoms with van der Waals surface area (Å²) in [6.45, 7) is 0. The number of anilines is 1. The second kappa shape index (κ2) is 5.79. The van der Waals surface area contributed by atoms with Gasteiger partial charge in [0.2, 0.25) is 0 Å². The largest absolute Gasteiger partial charge is 0.373 e. The summed E-state index contributed by atoms with van der Waals surface area (Å²) in [4.78, 5) is 9.80. The van der Waals surface area contributed by atoms with Crippen molar-refractivity contribution < 1.29 is 4.39 Å². The van der Waals surface area contributed by atoms with E-state index in [4.69, 9.17) is 0 Å². The number of benzene rings is 1. The van der Waals surface area contributed by atoms with E-state index in [0.29, 0.717) is 10.6 Å². The molecule has 0 radical (unpaired) electrons. The van der Waals surface area contributed by atoms with Crippen molar-refractivity contribution in [3.05, 3.63) is 47.2 Å². The summed E-state index contributed by atoms with van der Waals surface area (Å²) in [5, 5.41) is 3.14. The third kappa shape index (κ3) is 2.63. The Kier molecular flexibility index (Phi) is 3.87. The van der Waals surface area contributed by atoms with Gasteiger partial charge >= 0.3 is 0 Å². The lowest BCUT2D eigenvalue weighted by molar-refractivity contribution is 0.602. The van der Waals surface area contributed by atoms with Gasteiger partial charge in [-0.1, -0.05) is 12.1 Å². The summed E-state index contributed by atoms with van der Waals surface area (Å²) in [7, 11) is 1.88. The monoisotopic (exact) mass is 289 g/mol. The van der Waals surface area contributed by atoms with E-state index in [-0.39, 0.29) is 5.82 Å². The number of aromatic nitrogens is 2. The molecule has 0 bridgehead atoms. The molecule has 5 heteroatoms. The normalized spacial score (nSPS) is 13.3. The molecule has 104 valence electrons. The van der Waals surface area contributed by atoms with Crippen molar-refractivity contribution in [1.29, 1.82) is 0 Å². The predicted octanol–water partition coefficient (Wildman–Crippen LogP) is 3.44. The van der Waals surface area contributed by atoms with Crippen LogP contribution in [0.5, 0.6) is 0 Å². The molecule has 1 aromatic heterocycles. The van der Waals surface area contributed by atoms with Crippen LogP contribution in [0.2, 0.25) is 0 Å². The highest BCUT2D eigenvalue weighted by atomic mass is 32.2. The molecule has 1 aliphatic carbocycles. The molecule has 0 unspecified atom stereocenters. The average Bonchev–Trinajstić information content (AvgIpc) is 2.94. The molecule has 3 nitrogen and oxygen atoms in total. The third-order valence-corrected chi connectivity index (χ3v) is 4.45. The summed E-state index contributed by atoms with van der Waals surface area (Å²) >= 11 is 1.44. The van der Waals surface area contributed by atoms with E-state index in [9.17, 15) is 4.39 Å². The van der Waals surface area contributed by atoms with E-state index in [1.165, 1.54) is 23.4 Å². The molecule has 0 amide bonds. The molecule has 0 fully saturated rings. The van der Waals surface area contributed by atoms with E-state index >= 15 is 0 Å². The number of halogens is 1. The lowest BCUT2D eigenvalue weighted by atomic mass is 10.2. The van der Waals surface area contributed by atoms with Gasteiger partial charge in [0.15, 0.2) is 0 Å². The van der Waals surface area contributed by atoms with Gasteiger partial charge in [-0.15, -0.1) is 11.8 Å². The Bertz CT molecular complexity index is 631. The van der Waals surface area contributed by atoms with Crippen molar-refractivity contribution in [3.8, 4) is 0 Å². The second-order valence-corrected chi connectivity index (χ2v) is 5.75. The highest BCUT2D eigenvalue weighted by molar-refractivity contribution is 7.98. The van der Waals surface area contributed by atoms with E-state index in [1.54, 1.807) is 12.1 Å². The van der Waals surface area contributed by atoms with Gasteiger partial charge in [-0.25, -0.2) is 14.4 Å². The van der Waals surface area contributed by atoms with Crippen LogP contribution in [0.4, 0.5) is 10.2 Å². The molecule has 0 saturated heterocycles. The van der Waals surface area contributed by atoms with Crippen LogP contribution in [0, 0.1) is 5.82 Å². The predicted molar refractivity (Wildman–Crippen MR) is 79.6 cm³/mol. The minimum atomic E-state index is -0.187. The number of nitrogens with one attached hydrogen (secondary N) is 1. The Balaban J connectivity index is 1.80. The van der Waals surface area contributed by atoms with E-state index in [2.05, 4.69) is 15.3 Å². The zero-order valence-electron chi connectivity index (χ0n) is 11.3. The molecule has 1 aliphatic rings. The lowest BCUT2D eigenvalue weighted by Crippen LogP contribution is -2.05. The van der Waals surface area contributed by atoms with Crippen LogP contribution in [0.15, 0.2) is 29.2 Å². The van der Waals surface area contributed by atoms with E-state index < -0.39 is 0 Å². The highest BCUT2D eigenvalue weighted by Gasteiger charge is 2.18. The van der Waals surface area contributed by atoms with Crippen LogP contribution in [0.3, 0.4) is 0 Å². The van der Waals surface area contributed by atoms with Crippen molar-refractivity contribution in [3.63, 3.8) is 0 Å². The van der Waals surface area contributed by atoms with Crippen molar-refractivity contribution >= 4 is 17.6 Å². The number of thioether (sulfide) groups is 1. The van der Waals surface area contributed by atoms with Crippen molar-refractivity contribution in [2.45, 2.75) is 29.9 Å².